The smallest absolute Gasteiger partial charge is 0.243 e. The zero-order valence-corrected chi connectivity index (χ0v) is 17.1. The van der Waals surface area contributed by atoms with E-state index in [0.29, 0.717) is 30.8 Å². The van der Waals surface area contributed by atoms with E-state index >= 15 is 0 Å². The van der Waals surface area contributed by atoms with Crippen LogP contribution in [-0.2, 0) is 21.4 Å². The molecule has 27 heavy (non-hydrogen) atoms. The van der Waals surface area contributed by atoms with Crippen molar-refractivity contribution in [1.82, 2.24) is 14.2 Å². The number of hydrogen-bond acceptors (Lipinski definition) is 3. The third kappa shape index (κ3) is 4.04. The molecule has 2 aromatic rings. The molecule has 1 aliphatic rings. The number of carbonyl (C=O) groups excluding carboxylic acids is 1. The van der Waals surface area contributed by atoms with Crippen molar-refractivity contribution >= 4 is 26.8 Å². The van der Waals surface area contributed by atoms with Crippen LogP contribution in [0.15, 0.2) is 35.4 Å². The molecule has 0 saturated carbocycles. The van der Waals surface area contributed by atoms with E-state index in [1.807, 2.05) is 32.2 Å². The number of benzene rings is 1. The quantitative estimate of drug-likeness (QED) is 0.823. The van der Waals surface area contributed by atoms with Crippen LogP contribution in [0.1, 0.15) is 40.0 Å². The first-order chi connectivity index (χ1) is 12.9. The molecule has 0 bridgehead atoms. The van der Waals surface area contributed by atoms with Crippen molar-refractivity contribution in [1.29, 1.82) is 0 Å². The zero-order valence-electron chi connectivity index (χ0n) is 16.3. The fourth-order valence-corrected chi connectivity index (χ4v) is 5.09. The number of piperidine rings is 1. The topological polar surface area (TPSA) is 71.4 Å². The molecular formula is C20H29N3O3S. The van der Waals surface area contributed by atoms with Crippen molar-refractivity contribution in [2.45, 2.75) is 57.5 Å². The molecule has 1 aromatic heterocycles. The number of aromatic nitrogens is 1. The molecule has 1 aromatic carbocycles. The SMILES string of the molecule is CCC(C)NC(=O)C1CCN(S(=O)(=O)c2ccc3c(ccn3CC)c2)CC1. The lowest BCUT2D eigenvalue weighted by atomic mass is 9.97. The summed E-state index contributed by atoms with van der Waals surface area (Å²) in [5.41, 5.74) is 1.04. The van der Waals surface area contributed by atoms with Crippen LogP contribution in [0.5, 0.6) is 0 Å². The van der Waals surface area contributed by atoms with E-state index < -0.39 is 10.0 Å². The predicted octanol–water partition coefficient (Wildman–Crippen LogP) is 2.98. The van der Waals surface area contributed by atoms with Crippen LogP contribution in [0.4, 0.5) is 0 Å². The highest BCUT2D eigenvalue weighted by Gasteiger charge is 2.32. The Morgan fingerprint density at radius 1 is 1.22 bits per heavy atom. The summed E-state index contributed by atoms with van der Waals surface area (Å²) in [6.45, 7) is 7.70. The molecule has 1 amide bonds. The zero-order chi connectivity index (χ0) is 19.6. The van der Waals surface area contributed by atoms with Crippen molar-refractivity contribution in [3.63, 3.8) is 0 Å². The van der Waals surface area contributed by atoms with Crippen LogP contribution in [0, 0.1) is 5.92 Å². The number of hydrogen-bond donors (Lipinski definition) is 1. The number of carbonyl (C=O) groups is 1. The van der Waals surface area contributed by atoms with E-state index in [2.05, 4.69) is 16.8 Å². The molecule has 148 valence electrons. The molecule has 2 heterocycles. The minimum Gasteiger partial charge on any atom is -0.353 e. The summed E-state index contributed by atoms with van der Waals surface area (Å²) in [6.07, 6.45) is 4.00. The van der Waals surface area contributed by atoms with E-state index in [1.165, 1.54) is 4.31 Å². The summed E-state index contributed by atoms with van der Waals surface area (Å²) in [5, 5.41) is 3.93. The number of sulfonamides is 1. The standard InChI is InChI=1S/C20H29N3O3S/c1-4-15(3)21-20(24)16-9-12-23(13-10-16)27(25,26)18-6-7-19-17(14-18)8-11-22(19)5-2/h6-8,11,14-16H,4-5,9-10,12-13H2,1-3H3,(H,21,24). The maximum atomic E-state index is 13.0. The second-order valence-corrected chi connectivity index (χ2v) is 9.26. The number of rotatable bonds is 6. The number of nitrogens with one attached hydrogen (secondary N) is 1. The van der Waals surface area contributed by atoms with Crippen molar-refractivity contribution in [3.05, 3.63) is 30.5 Å². The Labute approximate surface area is 161 Å². The first kappa shape index (κ1) is 19.9. The van der Waals surface area contributed by atoms with E-state index in [1.54, 1.807) is 12.1 Å². The van der Waals surface area contributed by atoms with Gasteiger partial charge in [-0.05, 0) is 57.4 Å². The van der Waals surface area contributed by atoms with E-state index in [-0.39, 0.29) is 17.9 Å². The predicted molar refractivity (Wildman–Crippen MR) is 107 cm³/mol. The van der Waals surface area contributed by atoms with Crippen LogP contribution in [0.25, 0.3) is 10.9 Å². The van der Waals surface area contributed by atoms with Gasteiger partial charge in [0.2, 0.25) is 15.9 Å². The fourth-order valence-electron chi connectivity index (χ4n) is 3.58. The first-order valence-electron chi connectivity index (χ1n) is 9.76. The summed E-state index contributed by atoms with van der Waals surface area (Å²) < 4.78 is 29.7. The maximum Gasteiger partial charge on any atom is 0.243 e. The molecular weight excluding hydrogens is 362 g/mol. The van der Waals surface area contributed by atoms with Gasteiger partial charge in [-0.15, -0.1) is 0 Å². The van der Waals surface area contributed by atoms with Gasteiger partial charge in [0.1, 0.15) is 0 Å². The largest absolute Gasteiger partial charge is 0.353 e. The highest BCUT2D eigenvalue weighted by molar-refractivity contribution is 7.89. The van der Waals surface area contributed by atoms with Crippen molar-refractivity contribution in [2.75, 3.05) is 13.1 Å². The number of nitrogens with zero attached hydrogens (tertiary/aromatic N) is 2. The van der Waals surface area contributed by atoms with Gasteiger partial charge < -0.3 is 9.88 Å². The average molecular weight is 392 g/mol. The van der Waals surface area contributed by atoms with Gasteiger partial charge in [0.25, 0.3) is 0 Å². The molecule has 1 fully saturated rings. The van der Waals surface area contributed by atoms with Gasteiger partial charge in [-0.25, -0.2) is 8.42 Å². The van der Waals surface area contributed by atoms with Crippen LogP contribution in [0.3, 0.4) is 0 Å². The normalized spacial score (nSPS) is 17.9. The van der Waals surface area contributed by atoms with Gasteiger partial charge in [0.15, 0.2) is 0 Å². The number of fused-ring (bicyclic) bond motifs is 1. The molecule has 1 saturated heterocycles. The van der Waals surface area contributed by atoms with E-state index in [4.69, 9.17) is 0 Å². The molecule has 1 atom stereocenters. The summed E-state index contributed by atoms with van der Waals surface area (Å²) in [7, 11) is -3.54. The second-order valence-electron chi connectivity index (χ2n) is 7.32. The molecule has 1 aliphatic heterocycles. The van der Waals surface area contributed by atoms with Crippen LogP contribution >= 0.6 is 0 Å². The van der Waals surface area contributed by atoms with Crippen LogP contribution in [0.2, 0.25) is 0 Å². The Hall–Kier alpha value is -1.86. The van der Waals surface area contributed by atoms with E-state index in [0.717, 1.165) is 23.9 Å². The summed E-state index contributed by atoms with van der Waals surface area (Å²) in [5.74, 6) is -0.0600. The first-order valence-corrected chi connectivity index (χ1v) is 11.2. The Kier molecular flexibility index (Phi) is 5.91. The van der Waals surface area contributed by atoms with Gasteiger partial charge in [-0.3, -0.25) is 4.79 Å². The molecule has 0 spiro atoms. The van der Waals surface area contributed by atoms with Gasteiger partial charge in [0.05, 0.1) is 4.90 Å². The number of amides is 1. The molecule has 1 N–H and O–H groups in total. The summed E-state index contributed by atoms with van der Waals surface area (Å²) in [4.78, 5) is 12.6. The second kappa shape index (κ2) is 8.02. The van der Waals surface area contributed by atoms with Gasteiger partial charge in [0, 0.05) is 48.7 Å². The Balaban J connectivity index is 1.71. The Morgan fingerprint density at radius 3 is 2.56 bits per heavy atom. The lowest BCUT2D eigenvalue weighted by molar-refractivity contribution is -0.126. The minimum absolute atomic E-state index is 0.0451. The van der Waals surface area contributed by atoms with Gasteiger partial charge in [-0.2, -0.15) is 4.31 Å². The highest BCUT2D eigenvalue weighted by atomic mass is 32.2. The fraction of sp³-hybridized carbons (Fsp3) is 0.550. The van der Waals surface area contributed by atoms with Crippen molar-refractivity contribution in [2.24, 2.45) is 5.92 Å². The lowest BCUT2D eigenvalue weighted by Gasteiger charge is -2.31. The average Bonchev–Trinajstić information content (AvgIpc) is 3.10. The Bertz CT molecular complexity index is 912. The minimum atomic E-state index is -3.54. The van der Waals surface area contributed by atoms with Gasteiger partial charge in [-0.1, -0.05) is 6.92 Å². The third-order valence-electron chi connectivity index (χ3n) is 5.55. The molecule has 3 rings (SSSR count). The van der Waals surface area contributed by atoms with Crippen molar-refractivity contribution in [3.8, 4) is 0 Å². The summed E-state index contributed by atoms with van der Waals surface area (Å²) >= 11 is 0. The molecule has 0 radical (unpaired) electrons. The number of aryl methyl sites for hydroxylation is 1. The molecule has 1 unspecified atom stereocenters. The van der Waals surface area contributed by atoms with Gasteiger partial charge >= 0.3 is 0 Å². The molecule has 0 aliphatic carbocycles. The Morgan fingerprint density at radius 2 is 1.93 bits per heavy atom. The summed E-state index contributed by atoms with van der Waals surface area (Å²) in [6, 6.07) is 7.41. The van der Waals surface area contributed by atoms with Crippen LogP contribution < -0.4 is 5.32 Å². The van der Waals surface area contributed by atoms with Crippen molar-refractivity contribution < 1.29 is 13.2 Å². The lowest BCUT2D eigenvalue weighted by Crippen LogP contribution is -2.44. The maximum absolute atomic E-state index is 13.0. The molecule has 6 nitrogen and oxygen atoms in total. The third-order valence-corrected chi connectivity index (χ3v) is 7.44. The van der Waals surface area contributed by atoms with Crippen LogP contribution in [-0.4, -0.2) is 42.3 Å². The molecule has 7 heteroatoms. The monoisotopic (exact) mass is 391 g/mol. The van der Waals surface area contributed by atoms with E-state index in [9.17, 15) is 13.2 Å². The highest BCUT2D eigenvalue weighted by Crippen LogP contribution is 2.27.